The van der Waals surface area contributed by atoms with Crippen LogP contribution in [0.15, 0.2) is 29.3 Å². The number of hydrogen-bond acceptors (Lipinski definition) is 5. The number of H-pyrrole nitrogens is 1. The van der Waals surface area contributed by atoms with E-state index in [4.69, 9.17) is 4.74 Å². The second-order valence-corrected chi connectivity index (χ2v) is 9.35. The van der Waals surface area contributed by atoms with Crippen molar-refractivity contribution in [2.24, 2.45) is 5.92 Å². The van der Waals surface area contributed by atoms with Gasteiger partial charge in [0.25, 0.3) is 11.5 Å². The molecule has 158 valence electrons. The van der Waals surface area contributed by atoms with Gasteiger partial charge in [-0.1, -0.05) is 0 Å². The average Bonchev–Trinajstić information content (AvgIpc) is 3.37. The van der Waals surface area contributed by atoms with Crippen molar-refractivity contribution in [3.05, 3.63) is 51.7 Å². The van der Waals surface area contributed by atoms with E-state index in [1.165, 1.54) is 5.56 Å². The van der Waals surface area contributed by atoms with Crippen molar-refractivity contribution in [1.29, 1.82) is 0 Å². The molecule has 30 heavy (non-hydrogen) atoms. The van der Waals surface area contributed by atoms with E-state index in [-0.39, 0.29) is 23.7 Å². The predicted octanol–water partition coefficient (Wildman–Crippen LogP) is 1.19. The van der Waals surface area contributed by atoms with Gasteiger partial charge >= 0.3 is 0 Å². The van der Waals surface area contributed by atoms with Gasteiger partial charge in [-0.15, -0.1) is 0 Å². The topological polar surface area (TPSA) is 83.5 Å². The number of aromatic amines is 1. The fourth-order valence-corrected chi connectivity index (χ4v) is 5.91. The maximum Gasteiger partial charge on any atom is 0.263 e. The summed E-state index contributed by atoms with van der Waals surface area (Å²) in [5.74, 6) is 0.638. The Labute approximate surface area is 174 Å². The van der Waals surface area contributed by atoms with Gasteiger partial charge in [-0.2, -0.15) is 5.10 Å². The predicted molar refractivity (Wildman–Crippen MR) is 109 cm³/mol. The molecule has 3 fully saturated rings. The third kappa shape index (κ3) is 3.09. The molecule has 4 bridgehead atoms. The van der Waals surface area contributed by atoms with Gasteiger partial charge in [-0.05, 0) is 37.3 Å². The van der Waals surface area contributed by atoms with Crippen LogP contribution in [0.1, 0.15) is 46.8 Å². The largest absolute Gasteiger partial charge is 0.371 e. The average molecular weight is 409 g/mol. The summed E-state index contributed by atoms with van der Waals surface area (Å²) < 4.78 is 7.73. The number of rotatable bonds is 3. The number of carbonyl (C=O) groups excluding carboxylic acids is 1. The number of nitrogens with one attached hydrogen (secondary N) is 1. The van der Waals surface area contributed by atoms with E-state index >= 15 is 0 Å². The van der Waals surface area contributed by atoms with Crippen LogP contribution in [0.4, 0.5) is 0 Å². The van der Waals surface area contributed by atoms with Crippen LogP contribution in [-0.2, 0) is 17.8 Å². The molecular weight excluding hydrogens is 382 g/mol. The molecule has 6 rings (SSSR count). The Morgan fingerprint density at radius 1 is 1.13 bits per heavy atom. The van der Waals surface area contributed by atoms with Crippen molar-refractivity contribution in [1.82, 2.24) is 24.6 Å². The minimum Gasteiger partial charge on any atom is -0.371 e. The number of aromatic nitrogens is 3. The van der Waals surface area contributed by atoms with Gasteiger partial charge in [0.15, 0.2) is 0 Å². The van der Waals surface area contributed by atoms with Gasteiger partial charge in [0.05, 0.1) is 18.4 Å². The molecule has 8 heteroatoms. The summed E-state index contributed by atoms with van der Waals surface area (Å²) >= 11 is 0. The Kier molecular flexibility index (Phi) is 4.31. The van der Waals surface area contributed by atoms with E-state index in [0.717, 1.165) is 44.6 Å². The minimum absolute atomic E-state index is 0.116. The zero-order valence-electron chi connectivity index (χ0n) is 17.0. The van der Waals surface area contributed by atoms with Crippen LogP contribution in [0.5, 0.6) is 0 Å². The molecule has 1 N–H and O–H groups in total. The summed E-state index contributed by atoms with van der Waals surface area (Å²) in [6.07, 6.45) is 7.22. The van der Waals surface area contributed by atoms with Gasteiger partial charge in [0.1, 0.15) is 5.56 Å². The number of fused-ring (bicyclic) bond motifs is 6. The summed E-state index contributed by atoms with van der Waals surface area (Å²) in [5.41, 5.74) is 2.46. The van der Waals surface area contributed by atoms with Crippen LogP contribution in [0.2, 0.25) is 0 Å². The highest BCUT2D eigenvalue weighted by Crippen LogP contribution is 2.36. The van der Waals surface area contributed by atoms with E-state index in [1.807, 2.05) is 27.9 Å². The molecule has 3 saturated heterocycles. The Morgan fingerprint density at radius 2 is 1.97 bits per heavy atom. The molecule has 2 aromatic rings. The molecular formula is C22H27N5O3. The Balaban J connectivity index is 1.24. The third-order valence-electron chi connectivity index (χ3n) is 7.20. The van der Waals surface area contributed by atoms with Crippen LogP contribution in [0.3, 0.4) is 0 Å². The van der Waals surface area contributed by atoms with E-state index in [1.54, 1.807) is 6.07 Å². The van der Waals surface area contributed by atoms with Crippen LogP contribution in [0, 0.1) is 5.92 Å². The Morgan fingerprint density at radius 3 is 2.73 bits per heavy atom. The highest BCUT2D eigenvalue weighted by Gasteiger charge is 2.38. The summed E-state index contributed by atoms with van der Waals surface area (Å²) in [6.45, 7) is 4.68. The maximum absolute atomic E-state index is 13.3. The van der Waals surface area contributed by atoms with E-state index in [2.05, 4.69) is 15.1 Å². The third-order valence-corrected chi connectivity index (χ3v) is 7.20. The number of morpholine rings is 1. The van der Waals surface area contributed by atoms with Gasteiger partial charge in [-0.25, -0.2) is 0 Å². The van der Waals surface area contributed by atoms with Crippen LogP contribution in [-0.4, -0.2) is 68.9 Å². The second-order valence-electron chi connectivity index (χ2n) is 9.35. The van der Waals surface area contributed by atoms with Crippen LogP contribution < -0.4 is 5.56 Å². The van der Waals surface area contributed by atoms with Crippen molar-refractivity contribution in [2.45, 2.75) is 50.5 Å². The van der Waals surface area contributed by atoms with Gasteiger partial charge in [0, 0.05) is 62.6 Å². The first-order valence-electron chi connectivity index (χ1n) is 11.0. The lowest BCUT2D eigenvalue weighted by Gasteiger charge is -2.43. The molecule has 4 aliphatic heterocycles. The highest BCUT2D eigenvalue weighted by atomic mass is 16.5. The maximum atomic E-state index is 13.3. The number of carbonyl (C=O) groups is 1. The molecule has 0 radical (unpaired) electrons. The lowest BCUT2D eigenvalue weighted by molar-refractivity contribution is -0.0304. The lowest BCUT2D eigenvalue weighted by atomic mass is 9.83. The normalized spacial score (nSPS) is 30.3. The minimum atomic E-state index is -0.132. The number of ether oxygens (including phenoxy) is 1. The van der Waals surface area contributed by atoms with Crippen molar-refractivity contribution < 1.29 is 9.53 Å². The molecule has 0 spiro atoms. The zero-order valence-corrected chi connectivity index (χ0v) is 17.0. The lowest BCUT2D eigenvalue weighted by Crippen LogP contribution is -2.49. The Bertz CT molecular complexity index is 1000. The molecule has 0 saturated carbocycles. The molecule has 8 nitrogen and oxygen atoms in total. The molecule has 1 amide bonds. The van der Waals surface area contributed by atoms with Crippen molar-refractivity contribution >= 4 is 5.91 Å². The first kappa shape index (κ1) is 18.3. The fourth-order valence-electron chi connectivity index (χ4n) is 5.91. The first-order chi connectivity index (χ1) is 14.6. The van der Waals surface area contributed by atoms with Crippen LogP contribution >= 0.6 is 0 Å². The first-order valence-corrected chi connectivity index (χ1v) is 11.0. The highest BCUT2D eigenvalue weighted by molar-refractivity contribution is 5.94. The zero-order chi connectivity index (χ0) is 20.2. The summed E-state index contributed by atoms with van der Waals surface area (Å²) in [5, 5.41) is 6.92. The fraction of sp³-hybridized carbons (Fsp3) is 0.591. The monoisotopic (exact) mass is 409 g/mol. The molecule has 4 aliphatic rings. The molecule has 2 aromatic heterocycles. The molecule has 0 aliphatic carbocycles. The van der Waals surface area contributed by atoms with Crippen molar-refractivity contribution in [3.63, 3.8) is 0 Å². The number of hydrogen-bond donors (Lipinski definition) is 1. The van der Waals surface area contributed by atoms with Crippen molar-refractivity contribution in [2.75, 3.05) is 26.2 Å². The molecule has 0 aromatic carbocycles. The smallest absolute Gasteiger partial charge is 0.263 e. The molecule has 0 unspecified atom stereocenters. The SMILES string of the molecule is O=C(c1ccc2n(c1=O)C[C@H]1C[C@@H]2CN(Cc2cn[nH]c2)C1)N1C[C@H]2CC[C@@H](C1)O2. The quantitative estimate of drug-likeness (QED) is 0.824. The summed E-state index contributed by atoms with van der Waals surface area (Å²) in [4.78, 5) is 30.7. The van der Waals surface area contributed by atoms with Crippen LogP contribution in [0.25, 0.3) is 0 Å². The van der Waals surface area contributed by atoms with Gasteiger partial charge < -0.3 is 14.2 Å². The molecule has 4 atom stereocenters. The number of pyridine rings is 1. The van der Waals surface area contributed by atoms with E-state index in [9.17, 15) is 9.59 Å². The summed E-state index contributed by atoms with van der Waals surface area (Å²) in [7, 11) is 0. The van der Waals surface area contributed by atoms with E-state index < -0.39 is 0 Å². The number of amides is 1. The van der Waals surface area contributed by atoms with Crippen molar-refractivity contribution in [3.8, 4) is 0 Å². The van der Waals surface area contributed by atoms with Gasteiger partial charge in [0.2, 0.25) is 0 Å². The number of nitrogens with zero attached hydrogens (tertiary/aromatic N) is 4. The standard InChI is InChI=1S/C22H27N5O3/c28-21(26-12-17-1-2-18(13-26)30-17)19-3-4-20-16-5-14(10-27(20)22(19)29)8-25(11-16)9-15-6-23-24-7-15/h3-4,6-7,14,16-18H,1-2,5,8-13H2,(H,23,24)/t14-,16+,17-,18+/m0/s1. The number of piperidine rings is 1. The Hall–Kier alpha value is -2.45. The van der Waals surface area contributed by atoms with Gasteiger partial charge in [-0.3, -0.25) is 19.6 Å². The molecule has 6 heterocycles. The second kappa shape index (κ2) is 7.06. The number of likely N-dealkylation sites (tertiary alicyclic amines) is 2. The van der Waals surface area contributed by atoms with E-state index in [0.29, 0.717) is 37.0 Å². The summed E-state index contributed by atoms with van der Waals surface area (Å²) in [6, 6.07) is 3.79.